The number of hydrogen-bond acceptors (Lipinski definition) is 0. The van der Waals surface area contributed by atoms with E-state index >= 15 is 0 Å². The van der Waals surface area contributed by atoms with E-state index in [-0.39, 0.29) is 0 Å². The van der Waals surface area contributed by atoms with Gasteiger partial charge in [-0.2, -0.15) is 0 Å². The summed E-state index contributed by atoms with van der Waals surface area (Å²) >= 11 is 10.3. The minimum absolute atomic E-state index is 0.469. The zero-order valence-corrected chi connectivity index (χ0v) is 4.63. The monoisotopic (exact) mass is 122 g/mol. The lowest BCUT2D eigenvalue weighted by atomic mass is 10.6. The molecule has 0 aromatic heterocycles. The summed E-state index contributed by atoms with van der Waals surface area (Å²) in [6.07, 6.45) is 1.47. The Labute approximate surface area is 47.1 Å². The van der Waals surface area contributed by atoms with Crippen LogP contribution in [0.3, 0.4) is 0 Å². The van der Waals surface area contributed by atoms with Gasteiger partial charge in [-0.05, 0) is 6.08 Å². The third-order valence-electron chi connectivity index (χ3n) is 0.299. The third kappa shape index (κ3) is 2.31. The Morgan fingerprint density at radius 1 is 1.67 bits per heavy atom. The van der Waals surface area contributed by atoms with Gasteiger partial charge in [0, 0.05) is 5.54 Å². The Balaban J connectivity index is 3.50. The first-order chi connectivity index (χ1) is 2.81. The molecule has 0 saturated carbocycles. The van der Waals surface area contributed by atoms with E-state index in [4.69, 9.17) is 23.2 Å². The topological polar surface area (TPSA) is 0 Å². The molecule has 0 nitrogen and oxygen atoms in total. The molecule has 0 amide bonds. The van der Waals surface area contributed by atoms with Crippen LogP contribution in [0.15, 0.2) is 23.2 Å². The highest BCUT2D eigenvalue weighted by Crippen LogP contribution is 2.01. The first-order valence-electron chi connectivity index (χ1n) is 1.39. The van der Waals surface area contributed by atoms with Gasteiger partial charge in [0.2, 0.25) is 0 Å². The van der Waals surface area contributed by atoms with E-state index in [2.05, 4.69) is 6.58 Å². The molecule has 6 heavy (non-hydrogen) atoms. The van der Waals surface area contributed by atoms with Crippen LogP contribution in [0.5, 0.6) is 0 Å². The van der Waals surface area contributed by atoms with Crippen LogP contribution in [0.25, 0.3) is 0 Å². The summed E-state index contributed by atoms with van der Waals surface area (Å²) in [4.78, 5) is 0. The standard InChI is InChI=1S/C4H4Cl2/c1-2-4(6)3-5/h2-3H,1H2/b4-3-. The van der Waals surface area contributed by atoms with Crippen molar-refractivity contribution < 1.29 is 0 Å². The molecule has 0 rings (SSSR count). The quantitative estimate of drug-likeness (QED) is 0.470. The second-order valence-electron chi connectivity index (χ2n) is 0.698. The maximum atomic E-state index is 5.26. The summed E-state index contributed by atoms with van der Waals surface area (Å²) in [5.41, 5.74) is 1.26. The molecule has 0 aliphatic carbocycles. The van der Waals surface area contributed by atoms with Gasteiger partial charge in [0.15, 0.2) is 0 Å². The highest BCUT2D eigenvalue weighted by molar-refractivity contribution is 6.37. The summed E-state index contributed by atoms with van der Waals surface area (Å²) in [5, 5.41) is 0.469. The fourth-order valence-corrected chi connectivity index (χ4v) is 0.134. The van der Waals surface area contributed by atoms with Gasteiger partial charge in [0.1, 0.15) is 0 Å². The molecule has 0 unspecified atom stereocenters. The van der Waals surface area contributed by atoms with Gasteiger partial charge in [0.05, 0.1) is 5.03 Å². The summed E-state index contributed by atoms with van der Waals surface area (Å²) in [7, 11) is 0. The largest absolute Gasteiger partial charge is 0.0976 e. The van der Waals surface area contributed by atoms with Crippen molar-refractivity contribution in [3.05, 3.63) is 23.2 Å². The molecule has 34 valence electrons. The van der Waals surface area contributed by atoms with Crippen molar-refractivity contribution in [1.82, 2.24) is 0 Å². The lowest BCUT2D eigenvalue weighted by Gasteiger charge is -1.73. The van der Waals surface area contributed by atoms with Gasteiger partial charge in [-0.25, -0.2) is 0 Å². The normalized spacial score (nSPS) is 11.3. The average Bonchev–Trinajstić information content (AvgIpc) is 1.65. The van der Waals surface area contributed by atoms with E-state index in [1.54, 1.807) is 0 Å². The molecule has 0 saturated heterocycles. The molecule has 2 heteroatoms. The molecule has 0 aromatic carbocycles. The lowest BCUT2D eigenvalue weighted by molar-refractivity contribution is 2.00. The molecule has 0 radical (unpaired) electrons. The van der Waals surface area contributed by atoms with Crippen molar-refractivity contribution >= 4 is 23.2 Å². The molecular weight excluding hydrogens is 119 g/mol. The lowest BCUT2D eigenvalue weighted by Crippen LogP contribution is -1.48. The van der Waals surface area contributed by atoms with Crippen LogP contribution in [0.2, 0.25) is 0 Å². The van der Waals surface area contributed by atoms with Gasteiger partial charge in [0.25, 0.3) is 0 Å². The van der Waals surface area contributed by atoms with E-state index in [0.717, 1.165) is 0 Å². The number of hydrogen-bond donors (Lipinski definition) is 0. The van der Waals surface area contributed by atoms with Crippen LogP contribution >= 0.6 is 23.2 Å². The maximum absolute atomic E-state index is 5.26. The van der Waals surface area contributed by atoms with Gasteiger partial charge in [-0.1, -0.05) is 29.8 Å². The number of halogens is 2. The van der Waals surface area contributed by atoms with E-state index < -0.39 is 0 Å². The van der Waals surface area contributed by atoms with E-state index in [9.17, 15) is 0 Å². The fraction of sp³-hybridized carbons (Fsp3) is 0. The van der Waals surface area contributed by atoms with Gasteiger partial charge >= 0.3 is 0 Å². The first-order valence-corrected chi connectivity index (χ1v) is 2.21. The van der Waals surface area contributed by atoms with Crippen LogP contribution in [-0.2, 0) is 0 Å². The minimum Gasteiger partial charge on any atom is -0.0976 e. The Morgan fingerprint density at radius 2 is 2.17 bits per heavy atom. The van der Waals surface area contributed by atoms with E-state index in [1.807, 2.05) is 0 Å². The molecule has 0 aliphatic heterocycles. The van der Waals surface area contributed by atoms with Crippen LogP contribution in [-0.4, -0.2) is 0 Å². The molecule has 0 aromatic rings. The minimum atomic E-state index is 0.469. The van der Waals surface area contributed by atoms with Crippen molar-refractivity contribution in [1.29, 1.82) is 0 Å². The maximum Gasteiger partial charge on any atom is 0.0513 e. The first kappa shape index (κ1) is 6.06. The zero-order chi connectivity index (χ0) is 4.99. The van der Waals surface area contributed by atoms with Gasteiger partial charge in [-0.3, -0.25) is 0 Å². The highest BCUT2D eigenvalue weighted by atomic mass is 35.5. The fourth-order valence-electron chi connectivity index (χ4n) is 0.0445. The second-order valence-corrected chi connectivity index (χ2v) is 1.35. The molecule has 0 N–H and O–H groups in total. The SMILES string of the molecule is C=C/C(Cl)=C/Cl. The van der Waals surface area contributed by atoms with Gasteiger partial charge in [-0.15, -0.1) is 0 Å². The average molecular weight is 123 g/mol. The summed E-state index contributed by atoms with van der Waals surface area (Å²) in [5.74, 6) is 0. The number of allylic oxidation sites excluding steroid dienone is 2. The van der Waals surface area contributed by atoms with E-state index in [1.165, 1.54) is 11.6 Å². The molecule has 0 bridgehead atoms. The van der Waals surface area contributed by atoms with Crippen molar-refractivity contribution in [2.45, 2.75) is 0 Å². The van der Waals surface area contributed by atoms with Crippen LogP contribution < -0.4 is 0 Å². The Kier molecular flexibility index (Phi) is 3.29. The molecule has 0 atom stereocenters. The molecule has 0 aliphatic rings. The predicted octanol–water partition coefficient (Wildman–Crippen LogP) is 2.49. The highest BCUT2D eigenvalue weighted by Gasteiger charge is 1.72. The van der Waals surface area contributed by atoms with Gasteiger partial charge < -0.3 is 0 Å². The Hall–Kier alpha value is 0.0600. The van der Waals surface area contributed by atoms with Crippen LogP contribution in [0, 0.1) is 0 Å². The van der Waals surface area contributed by atoms with Crippen molar-refractivity contribution in [3.63, 3.8) is 0 Å². The van der Waals surface area contributed by atoms with Crippen molar-refractivity contribution in [3.8, 4) is 0 Å². The van der Waals surface area contributed by atoms with Crippen molar-refractivity contribution in [2.24, 2.45) is 0 Å². The molecule has 0 spiro atoms. The smallest absolute Gasteiger partial charge is 0.0513 e. The Morgan fingerprint density at radius 3 is 2.17 bits per heavy atom. The zero-order valence-electron chi connectivity index (χ0n) is 3.12. The third-order valence-corrected chi connectivity index (χ3v) is 0.909. The van der Waals surface area contributed by atoms with Crippen LogP contribution in [0.4, 0.5) is 0 Å². The molecule has 0 fully saturated rings. The molecular formula is C4H4Cl2. The number of rotatable bonds is 1. The summed E-state index contributed by atoms with van der Waals surface area (Å²) < 4.78 is 0. The molecule has 0 heterocycles. The Bertz CT molecular complexity index is 73.6. The summed E-state index contributed by atoms with van der Waals surface area (Å²) in [6, 6.07) is 0. The van der Waals surface area contributed by atoms with E-state index in [0.29, 0.717) is 5.03 Å². The second kappa shape index (κ2) is 3.26. The van der Waals surface area contributed by atoms with Crippen molar-refractivity contribution in [2.75, 3.05) is 0 Å². The van der Waals surface area contributed by atoms with Crippen LogP contribution in [0.1, 0.15) is 0 Å². The summed E-state index contributed by atoms with van der Waals surface area (Å²) in [6.45, 7) is 3.35. The predicted molar refractivity (Wildman–Crippen MR) is 30.0 cm³/mol.